The van der Waals surface area contributed by atoms with Crippen LogP contribution < -0.4 is 16.4 Å². The molecule has 4 N–H and O–H groups in total. The SMILES string of the molecule is NC(=O)c1ccc(CNC(=O)Nc2cccc(Cl)c2)cc1. The minimum atomic E-state index is -0.479. The average Bonchev–Trinajstić information content (AvgIpc) is 2.45. The molecule has 0 aliphatic rings. The number of hydrogen-bond donors (Lipinski definition) is 3. The number of nitrogens with one attached hydrogen (secondary N) is 2. The first-order valence-electron chi connectivity index (χ1n) is 6.24. The van der Waals surface area contributed by atoms with Crippen LogP contribution in [0.4, 0.5) is 10.5 Å². The number of rotatable bonds is 4. The van der Waals surface area contributed by atoms with Gasteiger partial charge in [-0.25, -0.2) is 4.79 Å². The monoisotopic (exact) mass is 303 g/mol. The fraction of sp³-hybridized carbons (Fsp3) is 0.0667. The minimum absolute atomic E-state index is 0.337. The molecule has 0 aromatic heterocycles. The molecule has 0 fully saturated rings. The second-order valence-electron chi connectivity index (χ2n) is 4.38. The molecule has 3 amide bonds. The van der Waals surface area contributed by atoms with E-state index in [0.717, 1.165) is 5.56 Å². The Balaban J connectivity index is 1.87. The van der Waals surface area contributed by atoms with Crippen molar-refractivity contribution in [2.75, 3.05) is 5.32 Å². The molecule has 0 aliphatic carbocycles. The summed E-state index contributed by atoms with van der Waals surface area (Å²) in [6, 6.07) is 13.2. The lowest BCUT2D eigenvalue weighted by atomic mass is 10.1. The zero-order chi connectivity index (χ0) is 15.2. The standard InChI is InChI=1S/C15H14ClN3O2/c16-12-2-1-3-13(8-12)19-15(21)18-9-10-4-6-11(7-5-10)14(17)20/h1-8H,9H2,(H2,17,20)(H2,18,19,21). The summed E-state index contributed by atoms with van der Waals surface area (Å²) in [5.74, 6) is -0.479. The van der Waals surface area contributed by atoms with Gasteiger partial charge in [-0.1, -0.05) is 29.8 Å². The van der Waals surface area contributed by atoms with Crippen molar-refractivity contribution in [1.29, 1.82) is 0 Å². The number of amides is 3. The van der Waals surface area contributed by atoms with Crippen LogP contribution in [0.2, 0.25) is 5.02 Å². The van der Waals surface area contributed by atoms with Gasteiger partial charge in [-0.3, -0.25) is 4.79 Å². The Morgan fingerprint density at radius 2 is 1.81 bits per heavy atom. The second kappa shape index (κ2) is 6.76. The number of hydrogen-bond acceptors (Lipinski definition) is 2. The molecule has 5 nitrogen and oxygen atoms in total. The summed E-state index contributed by atoms with van der Waals surface area (Å²) < 4.78 is 0. The first-order valence-corrected chi connectivity index (χ1v) is 6.61. The van der Waals surface area contributed by atoms with E-state index >= 15 is 0 Å². The third-order valence-corrected chi connectivity index (χ3v) is 3.01. The molecule has 0 atom stereocenters. The molecule has 0 unspecified atom stereocenters. The Bertz CT molecular complexity index is 656. The van der Waals surface area contributed by atoms with Gasteiger partial charge in [0.05, 0.1) is 0 Å². The van der Waals surface area contributed by atoms with Gasteiger partial charge in [0.15, 0.2) is 0 Å². The van der Waals surface area contributed by atoms with E-state index in [9.17, 15) is 9.59 Å². The van der Waals surface area contributed by atoms with E-state index in [1.165, 1.54) is 0 Å². The summed E-state index contributed by atoms with van der Waals surface area (Å²) in [4.78, 5) is 22.7. The minimum Gasteiger partial charge on any atom is -0.366 e. The van der Waals surface area contributed by atoms with Crippen LogP contribution in [0.15, 0.2) is 48.5 Å². The summed E-state index contributed by atoms with van der Waals surface area (Å²) in [5, 5.41) is 5.93. The molecule has 0 bridgehead atoms. The van der Waals surface area contributed by atoms with Crippen LogP contribution in [-0.4, -0.2) is 11.9 Å². The highest BCUT2D eigenvalue weighted by Crippen LogP contribution is 2.14. The van der Waals surface area contributed by atoms with E-state index < -0.39 is 5.91 Å². The maximum absolute atomic E-state index is 11.7. The van der Waals surface area contributed by atoms with Gasteiger partial charge in [0, 0.05) is 22.8 Å². The van der Waals surface area contributed by atoms with Crippen molar-refractivity contribution < 1.29 is 9.59 Å². The maximum Gasteiger partial charge on any atom is 0.319 e. The maximum atomic E-state index is 11.7. The molecular weight excluding hydrogens is 290 g/mol. The van der Waals surface area contributed by atoms with Crippen molar-refractivity contribution in [2.45, 2.75) is 6.54 Å². The quantitative estimate of drug-likeness (QED) is 0.811. The van der Waals surface area contributed by atoms with Gasteiger partial charge in [-0.2, -0.15) is 0 Å². The van der Waals surface area contributed by atoms with Crippen molar-refractivity contribution in [3.63, 3.8) is 0 Å². The Labute approximate surface area is 127 Å². The molecule has 108 valence electrons. The number of halogens is 1. The lowest BCUT2D eigenvalue weighted by Crippen LogP contribution is -2.28. The molecule has 2 aromatic rings. The first kappa shape index (κ1) is 14.9. The van der Waals surface area contributed by atoms with E-state index in [1.54, 1.807) is 48.5 Å². The zero-order valence-electron chi connectivity index (χ0n) is 11.1. The van der Waals surface area contributed by atoms with Gasteiger partial charge in [0.1, 0.15) is 0 Å². The summed E-state index contributed by atoms with van der Waals surface area (Å²) in [6.45, 7) is 0.339. The van der Waals surface area contributed by atoms with Crippen LogP contribution in [0.25, 0.3) is 0 Å². The van der Waals surface area contributed by atoms with Crippen molar-refractivity contribution in [2.24, 2.45) is 5.73 Å². The van der Waals surface area contributed by atoms with Gasteiger partial charge in [-0.15, -0.1) is 0 Å². The summed E-state index contributed by atoms with van der Waals surface area (Å²) in [6.07, 6.45) is 0. The highest BCUT2D eigenvalue weighted by molar-refractivity contribution is 6.30. The van der Waals surface area contributed by atoms with E-state index in [4.69, 9.17) is 17.3 Å². The summed E-state index contributed by atoms with van der Waals surface area (Å²) in [7, 11) is 0. The predicted octanol–water partition coefficient (Wildman–Crippen LogP) is 2.76. The van der Waals surface area contributed by atoms with Crippen LogP contribution in [0.5, 0.6) is 0 Å². The lowest BCUT2D eigenvalue weighted by molar-refractivity contribution is 0.1000. The molecule has 0 saturated heterocycles. The van der Waals surface area contributed by atoms with Gasteiger partial charge >= 0.3 is 6.03 Å². The van der Waals surface area contributed by atoms with Crippen LogP contribution >= 0.6 is 11.6 Å². The Kier molecular flexibility index (Phi) is 4.79. The zero-order valence-corrected chi connectivity index (χ0v) is 11.9. The van der Waals surface area contributed by atoms with Crippen LogP contribution in [0.3, 0.4) is 0 Å². The highest BCUT2D eigenvalue weighted by atomic mass is 35.5. The molecule has 0 aliphatic heterocycles. The molecule has 6 heteroatoms. The molecule has 2 aromatic carbocycles. The number of benzene rings is 2. The largest absolute Gasteiger partial charge is 0.366 e. The fourth-order valence-electron chi connectivity index (χ4n) is 1.71. The van der Waals surface area contributed by atoms with E-state index in [1.807, 2.05) is 0 Å². The number of carbonyl (C=O) groups excluding carboxylic acids is 2. The molecule has 0 heterocycles. The van der Waals surface area contributed by atoms with Crippen LogP contribution in [0.1, 0.15) is 15.9 Å². The molecule has 0 radical (unpaired) electrons. The van der Waals surface area contributed by atoms with Crippen LogP contribution in [-0.2, 0) is 6.54 Å². The van der Waals surface area contributed by atoms with Gasteiger partial charge < -0.3 is 16.4 Å². The van der Waals surface area contributed by atoms with Gasteiger partial charge in [-0.05, 0) is 35.9 Å². The fourth-order valence-corrected chi connectivity index (χ4v) is 1.90. The van der Waals surface area contributed by atoms with Gasteiger partial charge in [0.25, 0.3) is 0 Å². The van der Waals surface area contributed by atoms with E-state index in [2.05, 4.69) is 10.6 Å². The van der Waals surface area contributed by atoms with Crippen LogP contribution in [0, 0.1) is 0 Å². The van der Waals surface area contributed by atoms with Crippen molar-refractivity contribution in [1.82, 2.24) is 5.32 Å². The lowest BCUT2D eigenvalue weighted by Gasteiger charge is -2.08. The van der Waals surface area contributed by atoms with E-state index in [0.29, 0.717) is 22.8 Å². The third kappa shape index (κ3) is 4.50. The average molecular weight is 304 g/mol. The Morgan fingerprint density at radius 3 is 2.43 bits per heavy atom. The Morgan fingerprint density at radius 1 is 1.10 bits per heavy atom. The van der Waals surface area contributed by atoms with Crippen molar-refractivity contribution in [3.8, 4) is 0 Å². The molecule has 2 rings (SSSR count). The van der Waals surface area contributed by atoms with Crippen molar-refractivity contribution in [3.05, 3.63) is 64.7 Å². The van der Waals surface area contributed by atoms with E-state index in [-0.39, 0.29) is 6.03 Å². The molecular formula is C15H14ClN3O2. The smallest absolute Gasteiger partial charge is 0.319 e. The normalized spacial score (nSPS) is 9.95. The summed E-state index contributed by atoms with van der Waals surface area (Å²) >= 11 is 5.83. The highest BCUT2D eigenvalue weighted by Gasteiger charge is 2.03. The number of nitrogens with two attached hydrogens (primary N) is 1. The third-order valence-electron chi connectivity index (χ3n) is 2.77. The number of primary amides is 1. The number of anilines is 1. The number of urea groups is 1. The molecule has 0 spiro atoms. The topological polar surface area (TPSA) is 84.2 Å². The Hall–Kier alpha value is -2.53. The molecule has 21 heavy (non-hydrogen) atoms. The summed E-state index contributed by atoms with van der Waals surface area (Å²) in [5.41, 5.74) is 7.06. The van der Waals surface area contributed by atoms with Gasteiger partial charge in [0.2, 0.25) is 5.91 Å². The predicted molar refractivity (Wildman–Crippen MR) is 82.3 cm³/mol. The molecule has 0 saturated carbocycles. The van der Waals surface area contributed by atoms with Crippen molar-refractivity contribution >= 4 is 29.2 Å². The second-order valence-corrected chi connectivity index (χ2v) is 4.82. The first-order chi connectivity index (χ1) is 10.0. The number of carbonyl (C=O) groups is 2.